The molecule has 0 bridgehead atoms. The summed E-state index contributed by atoms with van der Waals surface area (Å²) in [5.41, 5.74) is 5.34. The summed E-state index contributed by atoms with van der Waals surface area (Å²) in [5.74, 6) is -0.899. The van der Waals surface area contributed by atoms with Crippen molar-refractivity contribution in [3.8, 4) is 0 Å². The van der Waals surface area contributed by atoms with E-state index in [4.69, 9.17) is 24.3 Å². The minimum Gasteiger partial charge on any atom is -0.462 e. The highest BCUT2D eigenvalue weighted by Gasteiger charge is 2.25. The standard InChI is InChI=1S/C42H80NO8P/c1-3-5-7-9-11-13-15-17-19-21-22-24-26-28-30-32-34-41(44)48-38-40(39-50-52(46,47)49-37-36-43)51-42(45)35-33-31-29-27-25-23-20-18-16-14-12-10-8-6-4-2/h23,25,29,31,40H,3-22,24,26-28,30,32-39,43H2,1-2H3,(H,46,47). The molecule has 0 aliphatic carbocycles. The van der Waals surface area contributed by atoms with Crippen molar-refractivity contribution >= 4 is 19.8 Å². The summed E-state index contributed by atoms with van der Waals surface area (Å²) in [7, 11) is -4.38. The summed E-state index contributed by atoms with van der Waals surface area (Å²) in [5, 5.41) is 0. The van der Waals surface area contributed by atoms with Gasteiger partial charge in [-0.2, -0.15) is 0 Å². The van der Waals surface area contributed by atoms with Gasteiger partial charge in [-0.25, -0.2) is 4.57 Å². The molecule has 0 saturated carbocycles. The Kier molecular flexibility index (Phi) is 38.1. The molecule has 0 aliphatic heterocycles. The summed E-state index contributed by atoms with van der Waals surface area (Å²) in [6.07, 6.45) is 40.8. The molecule has 9 nitrogen and oxygen atoms in total. The first-order valence-corrected chi connectivity index (χ1v) is 22.8. The third-order valence-corrected chi connectivity index (χ3v) is 10.1. The number of unbranched alkanes of at least 4 members (excludes halogenated alkanes) is 23. The SMILES string of the molecule is CCCCCCCCCCC=CCC=CCCC(=O)OC(COC(=O)CCCCCCCCCCCCCCCCCC)COP(=O)(O)OCCN. The third-order valence-electron chi connectivity index (χ3n) is 9.10. The van der Waals surface area contributed by atoms with E-state index in [1.54, 1.807) is 0 Å². The van der Waals surface area contributed by atoms with Crippen LogP contribution in [0.5, 0.6) is 0 Å². The Labute approximate surface area is 319 Å². The maximum absolute atomic E-state index is 12.5. The van der Waals surface area contributed by atoms with Gasteiger partial charge in [0.2, 0.25) is 0 Å². The van der Waals surface area contributed by atoms with Crippen LogP contribution in [0.4, 0.5) is 0 Å². The number of hydrogen-bond acceptors (Lipinski definition) is 8. The van der Waals surface area contributed by atoms with Crippen molar-refractivity contribution in [2.45, 2.75) is 206 Å². The van der Waals surface area contributed by atoms with E-state index in [-0.39, 0.29) is 32.6 Å². The minimum absolute atomic E-state index is 0.0475. The third kappa shape index (κ3) is 38.2. The van der Waals surface area contributed by atoms with Crippen LogP contribution in [0.1, 0.15) is 200 Å². The first kappa shape index (κ1) is 50.5. The normalized spacial score (nSPS) is 13.5. The van der Waals surface area contributed by atoms with Gasteiger partial charge >= 0.3 is 19.8 Å². The van der Waals surface area contributed by atoms with Gasteiger partial charge in [-0.15, -0.1) is 0 Å². The Morgan fingerprint density at radius 2 is 1.04 bits per heavy atom. The van der Waals surface area contributed by atoms with E-state index in [9.17, 15) is 19.0 Å². The first-order valence-electron chi connectivity index (χ1n) is 21.3. The number of esters is 2. The van der Waals surface area contributed by atoms with E-state index in [0.717, 1.165) is 32.1 Å². The fourth-order valence-electron chi connectivity index (χ4n) is 5.92. The molecule has 0 saturated heterocycles. The number of phosphoric ester groups is 1. The van der Waals surface area contributed by atoms with Crippen molar-refractivity contribution in [2.75, 3.05) is 26.4 Å². The van der Waals surface area contributed by atoms with Gasteiger partial charge in [0.15, 0.2) is 6.10 Å². The Bertz CT molecular complexity index is 912. The van der Waals surface area contributed by atoms with Crippen molar-refractivity contribution in [1.82, 2.24) is 0 Å². The molecule has 52 heavy (non-hydrogen) atoms. The van der Waals surface area contributed by atoms with Crippen molar-refractivity contribution in [2.24, 2.45) is 5.73 Å². The highest BCUT2D eigenvalue weighted by molar-refractivity contribution is 7.47. The number of carbonyl (C=O) groups is 2. The Morgan fingerprint density at radius 1 is 0.577 bits per heavy atom. The monoisotopic (exact) mass is 758 g/mol. The number of allylic oxidation sites excluding steroid dienone is 4. The number of nitrogens with two attached hydrogens (primary N) is 1. The Morgan fingerprint density at radius 3 is 1.54 bits per heavy atom. The van der Waals surface area contributed by atoms with Crippen LogP contribution in [0, 0.1) is 0 Å². The zero-order valence-corrected chi connectivity index (χ0v) is 34.4. The van der Waals surface area contributed by atoms with Gasteiger partial charge < -0.3 is 20.1 Å². The second kappa shape index (κ2) is 39.2. The van der Waals surface area contributed by atoms with Gasteiger partial charge in [-0.1, -0.05) is 179 Å². The van der Waals surface area contributed by atoms with Crippen molar-refractivity contribution < 1.29 is 37.6 Å². The number of rotatable bonds is 40. The molecular formula is C42H80NO8P. The summed E-state index contributed by atoms with van der Waals surface area (Å²) >= 11 is 0. The maximum Gasteiger partial charge on any atom is 0.472 e. The summed E-state index contributed by atoms with van der Waals surface area (Å²) < 4.78 is 32.7. The largest absolute Gasteiger partial charge is 0.472 e. The van der Waals surface area contributed by atoms with E-state index >= 15 is 0 Å². The number of phosphoric acid groups is 1. The van der Waals surface area contributed by atoms with Crippen molar-refractivity contribution in [1.29, 1.82) is 0 Å². The van der Waals surface area contributed by atoms with Crippen LogP contribution in [-0.2, 0) is 32.7 Å². The molecule has 0 aromatic rings. The van der Waals surface area contributed by atoms with Crippen LogP contribution in [0.15, 0.2) is 24.3 Å². The molecule has 0 radical (unpaired) electrons. The predicted molar refractivity (Wildman–Crippen MR) is 215 cm³/mol. The lowest BCUT2D eigenvalue weighted by molar-refractivity contribution is -0.161. The molecule has 0 aliphatic rings. The van der Waals surface area contributed by atoms with Crippen molar-refractivity contribution in [3.05, 3.63) is 24.3 Å². The topological polar surface area (TPSA) is 134 Å². The fourth-order valence-corrected chi connectivity index (χ4v) is 6.69. The zero-order valence-electron chi connectivity index (χ0n) is 33.6. The van der Waals surface area contributed by atoms with Gasteiger partial charge in [0.25, 0.3) is 0 Å². The summed E-state index contributed by atoms with van der Waals surface area (Å²) in [6, 6.07) is 0. The van der Waals surface area contributed by atoms with Gasteiger partial charge in [0.05, 0.1) is 13.2 Å². The summed E-state index contributed by atoms with van der Waals surface area (Å²) in [4.78, 5) is 34.8. The second-order valence-corrected chi connectivity index (χ2v) is 15.7. The molecule has 0 amide bonds. The fraction of sp³-hybridized carbons (Fsp3) is 0.857. The molecular weight excluding hydrogens is 677 g/mol. The van der Waals surface area contributed by atoms with Crippen LogP contribution < -0.4 is 5.73 Å². The number of ether oxygens (including phenoxy) is 2. The minimum atomic E-state index is -4.38. The average Bonchev–Trinajstić information content (AvgIpc) is 3.13. The predicted octanol–water partition coefficient (Wildman–Crippen LogP) is 12.0. The maximum atomic E-state index is 12.5. The zero-order chi connectivity index (χ0) is 38.2. The van der Waals surface area contributed by atoms with E-state index in [2.05, 4.69) is 26.0 Å². The Hall–Kier alpha value is -1.51. The smallest absolute Gasteiger partial charge is 0.462 e. The van der Waals surface area contributed by atoms with E-state index in [1.165, 1.54) is 135 Å². The molecule has 0 aromatic heterocycles. The molecule has 2 atom stereocenters. The molecule has 0 fully saturated rings. The van der Waals surface area contributed by atoms with Gasteiger partial charge in [0, 0.05) is 19.4 Å². The molecule has 0 rings (SSSR count). The van der Waals surface area contributed by atoms with Crippen LogP contribution in [0.3, 0.4) is 0 Å². The van der Waals surface area contributed by atoms with Crippen LogP contribution in [0.2, 0.25) is 0 Å². The second-order valence-electron chi connectivity index (χ2n) is 14.2. The summed E-state index contributed by atoms with van der Waals surface area (Å²) in [6.45, 7) is 3.68. The highest BCUT2D eigenvalue weighted by Crippen LogP contribution is 2.43. The van der Waals surface area contributed by atoms with Gasteiger partial charge in [-0.3, -0.25) is 18.6 Å². The van der Waals surface area contributed by atoms with Gasteiger partial charge in [0.1, 0.15) is 6.61 Å². The van der Waals surface area contributed by atoms with Crippen molar-refractivity contribution in [3.63, 3.8) is 0 Å². The lowest BCUT2D eigenvalue weighted by Crippen LogP contribution is -2.29. The van der Waals surface area contributed by atoms with E-state index in [0.29, 0.717) is 6.42 Å². The van der Waals surface area contributed by atoms with E-state index < -0.39 is 32.5 Å². The average molecular weight is 758 g/mol. The van der Waals surface area contributed by atoms with Crippen LogP contribution in [0.25, 0.3) is 0 Å². The molecule has 3 N–H and O–H groups in total. The lowest BCUT2D eigenvalue weighted by Gasteiger charge is -2.19. The van der Waals surface area contributed by atoms with E-state index in [1.807, 2.05) is 12.2 Å². The molecule has 0 aromatic carbocycles. The molecule has 2 unspecified atom stereocenters. The number of hydrogen-bond donors (Lipinski definition) is 2. The molecule has 10 heteroatoms. The quantitative estimate of drug-likeness (QED) is 0.0271. The van der Waals surface area contributed by atoms with Crippen LogP contribution in [-0.4, -0.2) is 49.3 Å². The molecule has 0 heterocycles. The Balaban J connectivity index is 4.21. The lowest BCUT2D eigenvalue weighted by atomic mass is 10.0. The molecule has 306 valence electrons. The van der Waals surface area contributed by atoms with Gasteiger partial charge in [-0.05, 0) is 32.1 Å². The molecule has 0 spiro atoms. The highest BCUT2D eigenvalue weighted by atomic mass is 31.2. The van der Waals surface area contributed by atoms with Crippen LogP contribution >= 0.6 is 7.82 Å². The first-order chi connectivity index (χ1) is 25.3. The number of carbonyl (C=O) groups excluding carboxylic acids is 2.